The van der Waals surface area contributed by atoms with Gasteiger partial charge in [-0.2, -0.15) is 0 Å². The van der Waals surface area contributed by atoms with E-state index in [2.05, 4.69) is 0 Å². The third-order valence-corrected chi connectivity index (χ3v) is 2.51. The molecule has 94 valence electrons. The van der Waals surface area contributed by atoms with E-state index in [9.17, 15) is 4.39 Å². The zero-order valence-corrected chi connectivity index (χ0v) is 10.0. The molecule has 3 nitrogen and oxygen atoms in total. The molecule has 4 heteroatoms. The van der Waals surface area contributed by atoms with Crippen molar-refractivity contribution in [3.8, 4) is 11.5 Å². The molecule has 0 spiro atoms. The van der Waals surface area contributed by atoms with Crippen molar-refractivity contribution in [1.82, 2.24) is 0 Å². The van der Waals surface area contributed by atoms with Crippen LogP contribution in [0.15, 0.2) is 42.5 Å². The first-order chi connectivity index (χ1) is 8.69. The van der Waals surface area contributed by atoms with Crippen LogP contribution >= 0.6 is 0 Å². The van der Waals surface area contributed by atoms with Crippen molar-refractivity contribution in [1.29, 1.82) is 0 Å². The van der Waals surface area contributed by atoms with Crippen LogP contribution in [0.4, 0.5) is 10.1 Å². The predicted molar refractivity (Wildman–Crippen MR) is 68.1 cm³/mol. The molecule has 0 aromatic heterocycles. The molecular formula is C14H14FNO2. The molecular weight excluding hydrogens is 233 g/mol. The molecule has 0 heterocycles. The van der Waals surface area contributed by atoms with Crippen LogP contribution in [0.3, 0.4) is 0 Å². The van der Waals surface area contributed by atoms with Gasteiger partial charge in [0.25, 0.3) is 0 Å². The summed E-state index contributed by atoms with van der Waals surface area (Å²) in [7, 11) is 1.50. The van der Waals surface area contributed by atoms with E-state index in [4.69, 9.17) is 15.2 Å². The van der Waals surface area contributed by atoms with E-state index < -0.39 is 0 Å². The molecule has 0 radical (unpaired) electrons. The topological polar surface area (TPSA) is 44.5 Å². The molecule has 2 aromatic rings. The minimum Gasteiger partial charge on any atom is -0.497 e. The van der Waals surface area contributed by atoms with Crippen molar-refractivity contribution in [2.75, 3.05) is 12.8 Å². The highest BCUT2D eigenvalue weighted by molar-refractivity contribution is 5.43. The first-order valence-electron chi connectivity index (χ1n) is 5.50. The molecule has 2 N–H and O–H groups in total. The van der Waals surface area contributed by atoms with E-state index in [1.54, 1.807) is 36.4 Å². The second kappa shape index (κ2) is 5.40. The molecule has 0 amide bonds. The van der Waals surface area contributed by atoms with Crippen LogP contribution < -0.4 is 15.2 Å². The molecule has 0 aliphatic rings. The standard InChI is InChI=1S/C14H14FNO2/c1-17-12-6-5-10(14(15)8-12)9-18-13-4-2-3-11(16)7-13/h2-8H,9,16H2,1H3. The maximum absolute atomic E-state index is 13.6. The molecule has 0 unspecified atom stereocenters. The van der Waals surface area contributed by atoms with Gasteiger partial charge in [0, 0.05) is 23.4 Å². The van der Waals surface area contributed by atoms with Crippen molar-refractivity contribution in [2.45, 2.75) is 6.61 Å². The van der Waals surface area contributed by atoms with Crippen molar-refractivity contribution < 1.29 is 13.9 Å². The summed E-state index contributed by atoms with van der Waals surface area (Å²) in [6.07, 6.45) is 0. The Hall–Kier alpha value is -2.23. The number of nitrogens with two attached hydrogens (primary N) is 1. The lowest BCUT2D eigenvalue weighted by atomic mass is 10.2. The van der Waals surface area contributed by atoms with Gasteiger partial charge in [-0.3, -0.25) is 0 Å². The largest absolute Gasteiger partial charge is 0.497 e. The first kappa shape index (κ1) is 12.2. The van der Waals surface area contributed by atoms with Crippen LogP contribution in [0, 0.1) is 5.82 Å². The lowest BCUT2D eigenvalue weighted by Gasteiger charge is -2.08. The number of anilines is 1. The lowest BCUT2D eigenvalue weighted by Crippen LogP contribution is -1.99. The predicted octanol–water partition coefficient (Wildman–Crippen LogP) is 3.00. The van der Waals surface area contributed by atoms with Gasteiger partial charge in [0.15, 0.2) is 0 Å². The highest BCUT2D eigenvalue weighted by atomic mass is 19.1. The van der Waals surface area contributed by atoms with Gasteiger partial charge >= 0.3 is 0 Å². The summed E-state index contributed by atoms with van der Waals surface area (Å²) < 4.78 is 24.0. The minimum atomic E-state index is -0.349. The average Bonchev–Trinajstić information content (AvgIpc) is 2.37. The van der Waals surface area contributed by atoms with E-state index in [-0.39, 0.29) is 12.4 Å². The van der Waals surface area contributed by atoms with Gasteiger partial charge in [-0.25, -0.2) is 4.39 Å². The monoisotopic (exact) mass is 247 g/mol. The second-order valence-electron chi connectivity index (χ2n) is 3.82. The smallest absolute Gasteiger partial charge is 0.133 e. The number of rotatable bonds is 4. The number of ether oxygens (including phenoxy) is 2. The molecule has 0 atom stereocenters. The Morgan fingerprint density at radius 2 is 1.94 bits per heavy atom. The Morgan fingerprint density at radius 1 is 1.11 bits per heavy atom. The Balaban J connectivity index is 2.06. The van der Waals surface area contributed by atoms with Crippen LogP contribution in [0.25, 0.3) is 0 Å². The van der Waals surface area contributed by atoms with E-state index in [0.29, 0.717) is 22.7 Å². The normalized spacial score (nSPS) is 10.1. The summed E-state index contributed by atoms with van der Waals surface area (Å²) in [6.45, 7) is 0.152. The third kappa shape index (κ3) is 2.91. The highest BCUT2D eigenvalue weighted by Gasteiger charge is 2.05. The number of methoxy groups -OCH3 is 1. The van der Waals surface area contributed by atoms with Gasteiger partial charge in [0.1, 0.15) is 23.9 Å². The van der Waals surface area contributed by atoms with E-state index in [0.717, 1.165) is 0 Å². The van der Waals surface area contributed by atoms with Crippen molar-refractivity contribution in [2.24, 2.45) is 0 Å². The molecule has 0 bridgehead atoms. The number of hydrogen-bond acceptors (Lipinski definition) is 3. The summed E-state index contributed by atoms with van der Waals surface area (Å²) in [5.74, 6) is 0.753. The molecule has 0 aliphatic heterocycles. The SMILES string of the molecule is COc1ccc(COc2cccc(N)c2)c(F)c1. The van der Waals surface area contributed by atoms with Crippen LogP contribution in [0.1, 0.15) is 5.56 Å². The summed E-state index contributed by atoms with van der Waals surface area (Å²) in [4.78, 5) is 0. The summed E-state index contributed by atoms with van der Waals surface area (Å²) in [5, 5.41) is 0. The van der Waals surface area contributed by atoms with Crippen molar-refractivity contribution >= 4 is 5.69 Å². The molecule has 0 saturated carbocycles. The zero-order chi connectivity index (χ0) is 13.0. The zero-order valence-electron chi connectivity index (χ0n) is 10.0. The molecule has 2 aromatic carbocycles. The Bertz CT molecular complexity index is 543. The molecule has 2 rings (SSSR count). The lowest BCUT2D eigenvalue weighted by molar-refractivity contribution is 0.299. The fourth-order valence-electron chi connectivity index (χ4n) is 1.54. The van der Waals surface area contributed by atoms with E-state index in [1.807, 2.05) is 0 Å². The molecule has 0 fully saturated rings. The number of hydrogen-bond donors (Lipinski definition) is 1. The van der Waals surface area contributed by atoms with Crippen molar-refractivity contribution in [3.63, 3.8) is 0 Å². The van der Waals surface area contributed by atoms with Gasteiger partial charge in [-0.15, -0.1) is 0 Å². The molecule has 0 aliphatic carbocycles. The maximum atomic E-state index is 13.6. The van der Waals surface area contributed by atoms with Gasteiger partial charge in [0.05, 0.1) is 7.11 Å². The molecule has 0 saturated heterocycles. The number of benzene rings is 2. The minimum absolute atomic E-state index is 0.152. The van der Waals surface area contributed by atoms with Crippen LogP contribution in [-0.4, -0.2) is 7.11 Å². The quantitative estimate of drug-likeness (QED) is 0.845. The maximum Gasteiger partial charge on any atom is 0.133 e. The van der Waals surface area contributed by atoms with E-state index >= 15 is 0 Å². The average molecular weight is 247 g/mol. The number of nitrogen functional groups attached to an aromatic ring is 1. The fraction of sp³-hybridized carbons (Fsp3) is 0.143. The Morgan fingerprint density at radius 3 is 2.61 bits per heavy atom. The Kier molecular flexibility index (Phi) is 3.67. The summed E-state index contributed by atoms with van der Waals surface area (Å²) in [6, 6.07) is 11.7. The van der Waals surface area contributed by atoms with Gasteiger partial charge in [-0.05, 0) is 24.3 Å². The summed E-state index contributed by atoms with van der Waals surface area (Å²) >= 11 is 0. The van der Waals surface area contributed by atoms with Crippen molar-refractivity contribution in [3.05, 3.63) is 53.8 Å². The van der Waals surface area contributed by atoms with Crippen LogP contribution in [0.2, 0.25) is 0 Å². The number of halogens is 1. The van der Waals surface area contributed by atoms with Crippen LogP contribution in [0.5, 0.6) is 11.5 Å². The second-order valence-corrected chi connectivity index (χ2v) is 3.82. The third-order valence-electron chi connectivity index (χ3n) is 2.51. The Labute approximate surface area is 105 Å². The summed E-state index contributed by atoms with van der Waals surface area (Å²) in [5.41, 5.74) is 6.71. The first-order valence-corrected chi connectivity index (χ1v) is 5.50. The van der Waals surface area contributed by atoms with E-state index in [1.165, 1.54) is 13.2 Å². The highest BCUT2D eigenvalue weighted by Crippen LogP contribution is 2.19. The van der Waals surface area contributed by atoms with Gasteiger partial charge in [-0.1, -0.05) is 6.07 Å². The van der Waals surface area contributed by atoms with Gasteiger partial charge < -0.3 is 15.2 Å². The van der Waals surface area contributed by atoms with Crippen LogP contribution in [-0.2, 0) is 6.61 Å². The van der Waals surface area contributed by atoms with Gasteiger partial charge in [0.2, 0.25) is 0 Å². The molecule has 18 heavy (non-hydrogen) atoms. The fourth-order valence-corrected chi connectivity index (χ4v) is 1.54.